The van der Waals surface area contributed by atoms with Crippen LogP contribution in [0.5, 0.6) is 0 Å². The van der Waals surface area contributed by atoms with Crippen LogP contribution in [0.2, 0.25) is 10.0 Å². The lowest BCUT2D eigenvalue weighted by Crippen LogP contribution is -2.04. The third-order valence-electron chi connectivity index (χ3n) is 3.86. The maximum absolute atomic E-state index is 12.8. The molecule has 0 saturated heterocycles. The van der Waals surface area contributed by atoms with Gasteiger partial charge in [0.25, 0.3) is 0 Å². The number of sulfone groups is 1. The average Bonchev–Trinajstić information content (AvgIpc) is 3.06. The van der Waals surface area contributed by atoms with Crippen LogP contribution in [0.25, 0.3) is 16.9 Å². The molecule has 0 N–H and O–H groups in total. The van der Waals surface area contributed by atoms with Crippen LogP contribution in [0.3, 0.4) is 0 Å². The van der Waals surface area contributed by atoms with E-state index in [4.69, 9.17) is 23.2 Å². The van der Waals surface area contributed by atoms with E-state index in [0.29, 0.717) is 21.4 Å². The Balaban J connectivity index is 1.78. The van der Waals surface area contributed by atoms with Crippen LogP contribution >= 0.6 is 23.2 Å². The van der Waals surface area contributed by atoms with Gasteiger partial charge in [-0.2, -0.15) is 5.10 Å². The van der Waals surface area contributed by atoms with Gasteiger partial charge in [0, 0.05) is 27.9 Å². The minimum Gasteiger partial charge on any atom is -0.236 e. The third kappa shape index (κ3) is 3.07. The van der Waals surface area contributed by atoms with E-state index in [-0.39, 0.29) is 9.79 Å². The molecule has 8 heteroatoms. The number of nitrogens with zero attached hydrogens (tertiary/aromatic N) is 3. The molecule has 0 spiro atoms. The molecule has 0 unspecified atom stereocenters. The van der Waals surface area contributed by atoms with E-state index in [9.17, 15) is 8.42 Å². The van der Waals surface area contributed by atoms with Gasteiger partial charge in [-0.3, -0.25) is 0 Å². The van der Waals surface area contributed by atoms with E-state index in [1.165, 1.54) is 41.2 Å². The second-order valence-corrected chi connectivity index (χ2v) is 8.41. The van der Waals surface area contributed by atoms with Crippen LogP contribution in [0.1, 0.15) is 0 Å². The van der Waals surface area contributed by atoms with Crippen LogP contribution in [0.15, 0.2) is 76.8 Å². The summed E-state index contributed by atoms with van der Waals surface area (Å²) in [6.07, 6.45) is 2.78. The first-order valence-corrected chi connectivity index (χ1v) is 9.79. The summed E-state index contributed by atoms with van der Waals surface area (Å²) in [5, 5.41) is 5.52. The van der Waals surface area contributed by atoms with Gasteiger partial charge in [0.05, 0.1) is 16.8 Å². The van der Waals surface area contributed by atoms with Gasteiger partial charge in [0.15, 0.2) is 5.65 Å². The fourth-order valence-electron chi connectivity index (χ4n) is 2.51. The van der Waals surface area contributed by atoms with E-state index in [2.05, 4.69) is 10.1 Å². The minimum absolute atomic E-state index is 0.0538. The number of aromatic nitrogens is 3. The molecule has 4 rings (SSSR count). The highest BCUT2D eigenvalue weighted by atomic mass is 35.5. The van der Waals surface area contributed by atoms with Crippen molar-refractivity contribution in [1.29, 1.82) is 0 Å². The third-order valence-corrected chi connectivity index (χ3v) is 6.09. The first kappa shape index (κ1) is 17.0. The smallest absolute Gasteiger partial charge is 0.209 e. The van der Waals surface area contributed by atoms with E-state index in [1.54, 1.807) is 18.2 Å². The Hall–Kier alpha value is -2.41. The molecule has 0 bridgehead atoms. The molecule has 2 heterocycles. The van der Waals surface area contributed by atoms with Crippen LogP contribution in [0.4, 0.5) is 0 Å². The summed E-state index contributed by atoms with van der Waals surface area (Å²) in [5.41, 5.74) is 2.09. The molecule has 2 aromatic carbocycles. The summed E-state index contributed by atoms with van der Waals surface area (Å²) in [6, 6.07) is 15.0. The average molecular weight is 404 g/mol. The molecular formula is C18H11Cl2N3O2S. The maximum Gasteiger partial charge on any atom is 0.209 e. The predicted molar refractivity (Wildman–Crippen MR) is 100 cm³/mol. The SMILES string of the molecule is O=S(=O)(c1ccc(Cl)cc1)c1cnc2cc(-c3ccc(Cl)cc3)nn2c1. The van der Waals surface area contributed by atoms with Gasteiger partial charge in [-0.1, -0.05) is 35.3 Å². The molecule has 0 aliphatic carbocycles. The number of rotatable bonds is 3. The van der Waals surface area contributed by atoms with Crippen LogP contribution < -0.4 is 0 Å². The highest BCUT2D eigenvalue weighted by Gasteiger charge is 2.19. The van der Waals surface area contributed by atoms with Crippen molar-refractivity contribution in [2.75, 3.05) is 0 Å². The zero-order valence-corrected chi connectivity index (χ0v) is 15.5. The molecule has 26 heavy (non-hydrogen) atoms. The largest absolute Gasteiger partial charge is 0.236 e. The Morgan fingerprint density at radius 2 is 1.46 bits per heavy atom. The summed E-state index contributed by atoms with van der Waals surface area (Å²) >= 11 is 11.7. The van der Waals surface area contributed by atoms with Crippen LogP contribution in [0, 0.1) is 0 Å². The van der Waals surface area contributed by atoms with Gasteiger partial charge < -0.3 is 0 Å². The second kappa shape index (κ2) is 6.39. The highest BCUT2D eigenvalue weighted by molar-refractivity contribution is 7.91. The van der Waals surface area contributed by atoms with Gasteiger partial charge in [-0.05, 0) is 36.4 Å². The number of fused-ring (bicyclic) bond motifs is 1. The minimum atomic E-state index is -3.71. The molecule has 0 aliphatic heterocycles. The molecule has 130 valence electrons. The Bertz CT molecular complexity index is 1200. The molecule has 0 radical (unpaired) electrons. The van der Waals surface area contributed by atoms with Crippen molar-refractivity contribution >= 4 is 38.7 Å². The lowest BCUT2D eigenvalue weighted by Gasteiger charge is -2.04. The molecule has 0 fully saturated rings. The predicted octanol–water partition coefficient (Wildman–Crippen LogP) is 4.54. The zero-order valence-electron chi connectivity index (χ0n) is 13.2. The van der Waals surface area contributed by atoms with Gasteiger partial charge in [0.2, 0.25) is 9.84 Å². The fourth-order valence-corrected chi connectivity index (χ4v) is 3.96. The summed E-state index contributed by atoms with van der Waals surface area (Å²) in [6.45, 7) is 0. The molecule has 4 aromatic rings. The topological polar surface area (TPSA) is 64.3 Å². The Morgan fingerprint density at radius 1 is 0.846 bits per heavy atom. The van der Waals surface area contributed by atoms with Crippen LogP contribution in [-0.2, 0) is 9.84 Å². The summed E-state index contributed by atoms with van der Waals surface area (Å²) in [5.74, 6) is 0. The second-order valence-electron chi connectivity index (χ2n) is 5.59. The molecule has 5 nitrogen and oxygen atoms in total. The van der Waals surface area contributed by atoms with Crippen molar-refractivity contribution in [3.8, 4) is 11.3 Å². The van der Waals surface area contributed by atoms with Crippen molar-refractivity contribution < 1.29 is 8.42 Å². The van der Waals surface area contributed by atoms with Gasteiger partial charge in [-0.25, -0.2) is 17.9 Å². The van der Waals surface area contributed by atoms with E-state index in [0.717, 1.165) is 5.56 Å². The Kier molecular flexibility index (Phi) is 4.19. The van der Waals surface area contributed by atoms with Gasteiger partial charge in [-0.15, -0.1) is 0 Å². The van der Waals surface area contributed by atoms with Crippen LogP contribution in [-0.4, -0.2) is 23.0 Å². The van der Waals surface area contributed by atoms with Crippen molar-refractivity contribution in [3.63, 3.8) is 0 Å². The van der Waals surface area contributed by atoms with Crippen molar-refractivity contribution in [3.05, 3.63) is 77.0 Å². The van der Waals surface area contributed by atoms with Gasteiger partial charge >= 0.3 is 0 Å². The summed E-state index contributed by atoms with van der Waals surface area (Å²) in [7, 11) is -3.71. The first-order valence-electron chi connectivity index (χ1n) is 7.55. The molecule has 0 amide bonds. The van der Waals surface area contributed by atoms with E-state index in [1.807, 2.05) is 12.1 Å². The first-order chi connectivity index (χ1) is 12.4. The number of halogens is 2. The zero-order chi connectivity index (χ0) is 18.3. The van der Waals surface area contributed by atoms with Gasteiger partial charge in [0.1, 0.15) is 4.90 Å². The number of hydrogen-bond acceptors (Lipinski definition) is 4. The molecule has 0 atom stereocenters. The molecule has 2 aromatic heterocycles. The summed E-state index contributed by atoms with van der Waals surface area (Å²) < 4.78 is 27.0. The number of hydrogen-bond donors (Lipinski definition) is 0. The Labute approximate surface area is 159 Å². The molecule has 0 aliphatic rings. The lowest BCUT2D eigenvalue weighted by molar-refractivity contribution is 0.594. The number of benzene rings is 2. The fraction of sp³-hybridized carbons (Fsp3) is 0. The highest BCUT2D eigenvalue weighted by Crippen LogP contribution is 2.24. The van der Waals surface area contributed by atoms with Crippen molar-refractivity contribution in [2.45, 2.75) is 9.79 Å². The lowest BCUT2D eigenvalue weighted by atomic mass is 10.2. The van der Waals surface area contributed by atoms with E-state index >= 15 is 0 Å². The Morgan fingerprint density at radius 3 is 2.12 bits per heavy atom. The standard InChI is InChI=1S/C18H11Cl2N3O2S/c19-13-3-1-12(2-4-13)17-9-18-21-10-16(11-23(18)22-17)26(24,25)15-7-5-14(20)6-8-15/h1-11H. The van der Waals surface area contributed by atoms with Crippen molar-refractivity contribution in [2.24, 2.45) is 0 Å². The van der Waals surface area contributed by atoms with Crippen molar-refractivity contribution in [1.82, 2.24) is 14.6 Å². The molecule has 0 saturated carbocycles. The monoisotopic (exact) mass is 403 g/mol. The maximum atomic E-state index is 12.8. The quantitative estimate of drug-likeness (QED) is 0.503. The normalized spacial score (nSPS) is 11.8. The summed E-state index contributed by atoms with van der Waals surface area (Å²) in [4.78, 5) is 4.42. The van der Waals surface area contributed by atoms with E-state index < -0.39 is 9.84 Å². The molecular weight excluding hydrogens is 393 g/mol.